The van der Waals surface area contributed by atoms with Gasteiger partial charge in [-0.3, -0.25) is 4.79 Å². The fourth-order valence-corrected chi connectivity index (χ4v) is 2.81. The zero-order chi connectivity index (χ0) is 13.8. The minimum Gasteiger partial charge on any atom is -0.436 e. The van der Waals surface area contributed by atoms with E-state index >= 15 is 0 Å². The Labute approximate surface area is 113 Å². The first kappa shape index (κ1) is 14.1. The summed E-state index contributed by atoms with van der Waals surface area (Å²) in [7, 11) is 0. The number of rotatable bonds is 4. The Morgan fingerprint density at radius 3 is 2.58 bits per heavy atom. The molecule has 0 aliphatic heterocycles. The number of aliphatic hydroxyl groups excluding tert-OH is 1. The summed E-state index contributed by atoms with van der Waals surface area (Å²) in [5.74, 6) is 0.684. The van der Waals surface area contributed by atoms with Crippen LogP contribution < -0.4 is 0 Å². The number of aliphatic hydroxyl groups is 1. The van der Waals surface area contributed by atoms with Crippen molar-refractivity contribution in [3.8, 4) is 0 Å². The van der Waals surface area contributed by atoms with Crippen molar-refractivity contribution in [2.45, 2.75) is 52.0 Å². The molecule has 0 aromatic carbocycles. The van der Waals surface area contributed by atoms with Gasteiger partial charge in [0.15, 0.2) is 5.89 Å². The van der Waals surface area contributed by atoms with E-state index in [0.29, 0.717) is 23.9 Å². The summed E-state index contributed by atoms with van der Waals surface area (Å²) in [5.41, 5.74) is 0.626. The molecule has 0 radical (unpaired) electrons. The second-order valence-electron chi connectivity index (χ2n) is 5.16. The highest BCUT2D eigenvalue weighted by Crippen LogP contribution is 2.24. The maximum Gasteiger partial charge on any atom is 0.291 e. The van der Waals surface area contributed by atoms with Crippen LogP contribution in [-0.2, 0) is 0 Å². The molecule has 1 aromatic rings. The minimum atomic E-state index is -0.140. The Morgan fingerprint density at radius 2 is 2.05 bits per heavy atom. The molecule has 0 unspecified atom stereocenters. The molecule has 1 fully saturated rings. The second-order valence-corrected chi connectivity index (χ2v) is 5.16. The topological polar surface area (TPSA) is 66.6 Å². The van der Waals surface area contributed by atoms with Crippen LogP contribution in [-0.4, -0.2) is 40.1 Å². The van der Waals surface area contributed by atoms with E-state index in [2.05, 4.69) is 4.98 Å². The lowest BCUT2D eigenvalue weighted by Gasteiger charge is -2.33. The molecule has 1 heterocycles. The van der Waals surface area contributed by atoms with Gasteiger partial charge in [0.1, 0.15) is 0 Å². The van der Waals surface area contributed by atoms with Crippen LogP contribution in [0.2, 0.25) is 0 Å². The van der Waals surface area contributed by atoms with Crippen LogP contribution in [0, 0.1) is 13.8 Å². The van der Waals surface area contributed by atoms with Gasteiger partial charge in [0.05, 0.1) is 12.3 Å². The summed E-state index contributed by atoms with van der Waals surface area (Å²) in [6.07, 6.45) is 5.55. The van der Waals surface area contributed by atoms with Crippen molar-refractivity contribution in [3.63, 3.8) is 0 Å². The number of oxazole rings is 1. The molecule has 5 nitrogen and oxygen atoms in total. The maximum atomic E-state index is 12.5. The zero-order valence-corrected chi connectivity index (χ0v) is 11.7. The molecule has 0 spiro atoms. The van der Waals surface area contributed by atoms with Crippen LogP contribution in [0.4, 0.5) is 0 Å². The van der Waals surface area contributed by atoms with Gasteiger partial charge in [-0.05, 0) is 19.8 Å². The largest absolute Gasteiger partial charge is 0.436 e. The number of aryl methyl sites for hydroxylation is 2. The van der Waals surface area contributed by atoms with Gasteiger partial charge in [0, 0.05) is 19.5 Å². The van der Waals surface area contributed by atoms with Crippen LogP contribution >= 0.6 is 0 Å². The number of hydrogen-bond acceptors (Lipinski definition) is 4. The summed E-state index contributed by atoms with van der Waals surface area (Å²) in [6, 6.07) is 0.221. The number of hydrogen-bond donors (Lipinski definition) is 1. The van der Waals surface area contributed by atoms with E-state index in [0.717, 1.165) is 25.7 Å². The average Bonchev–Trinajstić information content (AvgIpc) is 2.75. The van der Waals surface area contributed by atoms with Crippen molar-refractivity contribution in [2.75, 3.05) is 13.2 Å². The molecule has 1 N–H and O–H groups in total. The van der Waals surface area contributed by atoms with E-state index in [1.165, 1.54) is 6.42 Å². The molecule has 19 heavy (non-hydrogen) atoms. The van der Waals surface area contributed by atoms with Gasteiger partial charge < -0.3 is 14.4 Å². The van der Waals surface area contributed by atoms with Gasteiger partial charge in [0.2, 0.25) is 5.76 Å². The van der Waals surface area contributed by atoms with Crippen molar-refractivity contribution in [3.05, 3.63) is 17.3 Å². The SMILES string of the molecule is Cc1nc(C)c(C(=O)N(CCO)C2CCCCC2)o1. The zero-order valence-electron chi connectivity index (χ0n) is 11.7. The highest BCUT2D eigenvalue weighted by Gasteiger charge is 2.29. The summed E-state index contributed by atoms with van der Waals surface area (Å²) >= 11 is 0. The van der Waals surface area contributed by atoms with Crippen LogP contribution in [0.1, 0.15) is 54.2 Å². The number of carbonyl (C=O) groups is 1. The van der Waals surface area contributed by atoms with Crippen LogP contribution in [0.15, 0.2) is 4.42 Å². The first-order valence-corrected chi connectivity index (χ1v) is 6.99. The van der Waals surface area contributed by atoms with Gasteiger partial charge in [-0.15, -0.1) is 0 Å². The summed E-state index contributed by atoms with van der Waals surface area (Å²) < 4.78 is 5.41. The fraction of sp³-hybridized carbons (Fsp3) is 0.714. The third kappa shape index (κ3) is 3.15. The number of carbonyl (C=O) groups excluding carboxylic acids is 1. The molecule has 5 heteroatoms. The fourth-order valence-electron chi connectivity index (χ4n) is 2.81. The van der Waals surface area contributed by atoms with E-state index in [4.69, 9.17) is 4.42 Å². The molecule has 2 rings (SSSR count). The molecule has 0 bridgehead atoms. The van der Waals surface area contributed by atoms with Gasteiger partial charge in [0.25, 0.3) is 5.91 Å². The second kappa shape index (κ2) is 6.19. The van der Waals surface area contributed by atoms with Crippen molar-refractivity contribution in [1.29, 1.82) is 0 Å². The monoisotopic (exact) mass is 266 g/mol. The first-order chi connectivity index (χ1) is 9.13. The van der Waals surface area contributed by atoms with Crippen molar-refractivity contribution in [2.24, 2.45) is 0 Å². The third-order valence-electron chi connectivity index (χ3n) is 3.72. The van der Waals surface area contributed by atoms with E-state index < -0.39 is 0 Å². The lowest BCUT2D eigenvalue weighted by atomic mass is 9.94. The number of aromatic nitrogens is 1. The van der Waals surface area contributed by atoms with E-state index in [1.54, 1.807) is 18.7 Å². The maximum absolute atomic E-state index is 12.5. The van der Waals surface area contributed by atoms with Crippen LogP contribution in [0.3, 0.4) is 0 Å². The molecule has 1 saturated carbocycles. The van der Waals surface area contributed by atoms with Gasteiger partial charge >= 0.3 is 0 Å². The Balaban J connectivity index is 2.17. The van der Waals surface area contributed by atoms with E-state index in [1.807, 2.05) is 0 Å². The standard InChI is InChI=1S/C14H22N2O3/c1-10-13(19-11(2)15-10)14(18)16(8-9-17)12-6-4-3-5-7-12/h12,17H,3-9H2,1-2H3. The predicted octanol–water partition coefficient (Wildman–Crippen LogP) is 2.06. The lowest BCUT2D eigenvalue weighted by Crippen LogP contribution is -2.43. The number of amides is 1. The average molecular weight is 266 g/mol. The molecular formula is C14H22N2O3. The van der Waals surface area contributed by atoms with Crippen LogP contribution in [0.5, 0.6) is 0 Å². The molecule has 1 aliphatic carbocycles. The van der Waals surface area contributed by atoms with Gasteiger partial charge in [-0.25, -0.2) is 4.98 Å². The van der Waals surface area contributed by atoms with Gasteiger partial charge in [-0.1, -0.05) is 19.3 Å². The van der Waals surface area contributed by atoms with Gasteiger partial charge in [-0.2, -0.15) is 0 Å². The highest BCUT2D eigenvalue weighted by molar-refractivity contribution is 5.92. The summed E-state index contributed by atoms with van der Waals surface area (Å²) in [5, 5.41) is 9.20. The van der Waals surface area contributed by atoms with Crippen molar-refractivity contribution >= 4 is 5.91 Å². The predicted molar refractivity (Wildman–Crippen MR) is 71.0 cm³/mol. The summed E-state index contributed by atoms with van der Waals surface area (Å²) in [4.78, 5) is 18.4. The lowest BCUT2D eigenvalue weighted by molar-refractivity contribution is 0.0551. The Kier molecular flexibility index (Phi) is 4.58. The minimum absolute atomic E-state index is 0.0194. The third-order valence-corrected chi connectivity index (χ3v) is 3.72. The van der Waals surface area contributed by atoms with E-state index in [9.17, 15) is 9.90 Å². The molecule has 106 valence electrons. The molecule has 0 saturated heterocycles. The molecule has 1 aromatic heterocycles. The number of nitrogens with zero attached hydrogens (tertiary/aromatic N) is 2. The quantitative estimate of drug-likeness (QED) is 0.905. The first-order valence-electron chi connectivity index (χ1n) is 6.99. The summed E-state index contributed by atoms with van der Waals surface area (Å²) in [6.45, 7) is 3.86. The molecule has 0 atom stereocenters. The Hall–Kier alpha value is -1.36. The normalized spacial score (nSPS) is 16.6. The van der Waals surface area contributed by atoms with Crippen molar-refractivity contribution in [1.82, 2.24) is 9.88 Å². The highest BCUT2D eigenvalue weighted by atomic mass is 16.4. The van der Waals surface area contributed by atoms with E-state index in [-0.39, 0.29) is 18.6 Å². The van der Waals surface area contributed by atoms with Crippen molar-refractivity contribution < 1.29 is 14.3 Å². The van der Waals surface area contributed by atoms with Crippen LogP contribution in [0.25, 0.3) is 0 Å². The molecule has 1 aliphatic rings. The Bertz CT molecular complexity index is 436. The Morgan fingerprint density at radius 1 is 1.37 bits per heavy atom. The molecule has 1 amide bonds. The smallest absolute Gasteiger partial charge is 0.291 e. The molecular weight excluding hydrogens is 244 g/mol.